The number of hydrogen-bond donors (Lipinski definition) is 0. The Balaban J connectivity index is 1.67. The van der Waals surface area contributed by atoms with Gasteiger partial charge in [0.15, 0.2) is 0 Å². The van der Waals surface area contributed by atoms with Crippen LogP contribution in [0.25, 0.3) is 33.1 Å². The predicted octanol–water partition coefficient (Wildman–Crippen LogP) is 6.66. The first-order chi connectivity index (χ1) is 17.0. The van der Waals surface area contributed by atoms with Gasteiger partial charge in [0.25, 0.3) is 0 Å². The average Bonchev–Trinajstić information content (AvgIpc) is 3.36. The van der Waals surface area contributed by atoms with Gasteiger partial charge in [-0.3, -0.25) is 4.98 Å². The molecule has 1 aromatic carbocycles. The van der Waals surface area contributed by atoms with Gasteiger partial charge in [-0.25, -0.2) is 9.37 Å². The zero-order valence-electron chi connectivity index (χ0n) is 19.5. The summed E-state index contributed by atoms with van der Waals surface area (Å²) in [5.41, 5.74) is 6.48. The number of benzene rings is 1. The van der Waals surface area contributed by atoms with Crippen molar-refractivity contribution in [3.05, 3.63) is 76.8 Å². The molecule has 1 atom stereocenters. The van der Waals surface area contributed by atoms with Crippen molar-refractivity contribution in [3.63, 3.8) is 0 Å². The van der Waals surface area contributed by atoms with Crippen molar-refractivity contribution in [2.45, 2.75) is 32.7 Å². The van der Waals surface area contributed by atoms with Crippen LogP contribution in [0.15, 0.2) is 53.3 Å². The van der Waals surface area contributed by atoms with E-state index in [0.29, 0.717) is 24.3 Å². The molecular formula is C27H24ClFN4O2. The van der Waals surface area contributed by atoms with Gasteiger partial charge in [-0.1, -0.05) is 28.9 Å². The van der Waals surface area contributed by atoms with E-state index < -0.39 is 0 Å². The van der Waals surface area contributed by atoms with E-state index in [1.54, 1.807) is 6.20 Å². The van der Waals surface area contributed by atoms with E-state index in [-0.39, 0.29) is 11.9 Å². The molecule has 0 N–H and O–H groups in total. The Morgan fingerprint density at radius 1 is 1.03 bits per heavy atom. The van der Waals surface area contributed by atoms with E-state index in [9.17, 15) is 4.39 Å². The maximum Gasteiger partial charge on any atom is 0.141 e. The van der Waals surface area contributed by atoms with Crippen molar-refractivity contribution in [1.82, 2.24) is 19.7 Å². The molecule has 1 unspecified atom stereocenters. The van der Waals surface area contributed by atoms with Gasteiger partial charge in [-0.15, -0.1) is 0 Å². The molecule has 1 aliphatic heterocycles. The Morgan fingerprint density at radius 2 is 1.80 bits per heavy atom. The van der Waals surface area contributed by atoms with E-state index >= 15 is 0 Å². The summed E-state index contributed by atoms with van der Waals surface area (Å²) in [5, 5.41) is 5.47. The standard InChI is InChI=1S/C27H24ClFN4O2/c1-15-25(16(2)35-32-15)19-11-23-26(31-13-19)21-14-30-24(28)12-22(21)33(23)27(18-7-9-34-10-8-18)17-3-5-20(29)6-4-17/h3-6,11-14,18,27H,7-10H2,1-2H3. The highest BCUT2D eigenvalue weighted by molar-refractivity contribution is 6.30. The van der Waals surface area contributed by atoms with Gasteiger partial charge in [0.05, 0.1) is 28.3 Å². The minimum atomic E-state index is -0.253. The van der Waals surface area contributed by atoms with Crippen LogP contribution in [0.1, 0.15) is 35.9 Å². The van der Waals surface area contributed by atoms with Gasteiger partial charge in [0.2, 0.25) is 0 Å². The summed E-state index contributed by atoms with van der Waals surface area (Å²) in [6.07, 6.45) is 5.44. The molecule has 0 spiro atoms. The van der Waals surface area contributed by atoms with Crippen LogP contribution in [-0.2, 0) is 4.74 Å². The number of aryl methyl sites for hydroxylation is 2. The van der Waals surface area contributed by atoms with Crippen LogP contribution < -0.4 is 0 Å². The molecule has 5 aromatic rings. The lowest BCUT2D eigenvalue weighted by Crippen LogP contribution is -2.27. The molecular weight excluding hydrogens is 467 g/mol. The molecule has 1 fully saturated rings. The normalized spacial score (nSPS) is 15.8. The summed E-state index contributed by atoms with van der Waals surface area (Å²) in [5.74, 6) is 0.787. The minimum Gasteiger partial charge on any atom is -0.381 e. The monoisotopic (exact) mass is 490 g/mol. The maximum atomic E-state index is 13.9. The number of fused-ring (bicyclic) bond motifs is 3. The first-order valence-electron chi connectivity index (χ1n) is 11.7. The number of pyridine rings is 2. The highest BCUT2D eigenvalue weighted by atomic mass is 35.5. The van der Waals surface area contributed by atoms with Crippen LogP contribution in [0.3, 0.4) is 0 Å². The summed E-state index contributed by atoms with van der Waals surface area (Å²) in [6.45, 7) is 5.23. The quantitative estimate of drug-likeness (QED) is 0.263. The first kappa shape index (κ1) is 22.2. The van der Waals surface area contributed by atoms with E-state index in [1.165, 1.54) is 12.1 Å². The molecule has 6 rings (SSSR count). The van der Waals surface area contributed by atoms with Crippen LogP contribution in [0, 0.1) is 25.6 Å². The molecule has 8 heteroatoms. The summed E-state index contributed by atoms with van der Waals surface area (Å²) >= 11 is 6.39. The molecule has 1 aliphatic rings. The summed E-state index contributed by atoms with van der Waals surface area (Å²) < 4.78 is 27.3. The van der Waals surface area contributed by atoms with Crippen LogP contribution >= 0.6 is 11.6 Å². The lowest BCUT2D eigenvalue weighted by molar-refractivity contribution is 0.0552. The Bertz CT molecular complexity index is 1520. The number of halogens is 2. The number of aromatic nitrogens is 4. The molecule has 0 amide bonds. The Hall–Kier alpha value is -3.29. The second kappa shape index (κ2) is 8.73. The fourth-order valence-electron chi connectivity index (χ4n) is 5.43. The zero-order chi connectivity index (χ0) is 24.1. The molecule has 0 bridgehead atoms. The van der Waals surface area contributed by atoms with Crippen LogP contribution in [0.2, 0.25) is 5.15 Å². The van der Waals surface area contributed by atoms with Crippen LogP contribution in [0.4, 0.5) is 4.39 Å². The molecule has 5 heterocycles. The number of rotatable bonds is 4. The zero-order valence-corrected chi connectivity index (χ0v) is 20.2. The smallest absolute Gasteiger partial charge is 0.141 e. The van der Waals surface area contributed by atoms with Gasteiger partial charge in [-0.05, 0) is 62.4 Å². The Morgan fingerprint density at radius 3 is 2.51 bits per heavy atom. The minimum absolute atomic E-state index is 0.0558. The number of ether oxygens (including phenoxy) is 1. The third kappa shape index (κ3) is 3.79. The van der Waals surface area contributed by atoms with Crippen LogP contribution in [0.5, 0.6) is 0 Å². The SMILES string of the molecule is Cc1noc(C)c1-c1cnc2c3cnc(Cl)cc3n(C(c3ccc(F)cc3)C3CCOCC3)c2c1. The van der Waals surface area contributed by atoms with Gasteiger partial charge < -0.3 is 13.8 Å². The Labute approximate surface area is 206 Å². The topological polar surface area (TPSA) is 66.0 Å². The van der Waals surface area contributed by atoms with Gasteiger partial charge in [-0.2, -0.15) is 0 Å². The molecule has 178 valence electrons. The second-order valence-electron chi connectivity index (χ2n) is 9.13. The highest BCUT2D eigenvalue weighted by Crippen LogP contribution is 2.41. The summed E-state index contributed by atoms with van der Waals surface area (Å²) in [6, 6.07) is 10.8. The molecule has 35 heavy (non-hydrogen) atoms. The van der Waals surface area contributed by atoms with Crippen molar-refractivity contribution >= 4 is 33.5 Å². The lowest BCUT2D eigenvalue weighted by Gasteiger charge is -2.33. The maximum absolute atomic E-state index is 13.9. The average molecular weight is 491 g/mol. The van der Waals surface area contributed by atoms with E-state index in [0.717, 1.165) is 62.9 Å². The fraction of sp³-hybridized carbons (Fsp3) is 0.296. The number of nitrogens with zero attached hydrogens (tertiary/aromatic N) is 4. The largest absolute Gasteiger partial charge is 0.381 e. The van der Waals surface area contributed by atoms with Gasteiger partial charge >= 0.3 is 0 Å². The summed E-state index contributed by atoms with van der Waals surface area (Å²) in [7, 11) is 0. The van der Waals surface area contributed by atoms with Crippen molar-refractivity contribution in [1.29, 1.82) is 0 Å². The first-order valence-corrected chi connectivity index (χ1v) is 12.1. The van der Waals surface area contributed by atoms with Gasteiger partial charge in [0, 0.05) is 42.1 Å². The molecule has 4 aromatic heterocycles. The molecule has 0 radical (unpaired) electrons. The van der Waals surface area contributed by atoms with E-state index in [1.807, 2.05) is 38.2 Å². The molecule has 0 aliphatic carbocycles. The highest BCUT2D eigenvalue weighted by Gasteiger charge is 2.30. The number of hydrogen-bond acceptors (Lipinski definition) is 5. The fourth-order valence-corrected chi connectivity index (χ4v) is 5.58. The van der Waals surface area contributed by atoms with Crippen molar-refractivity contribution in [3.8, 4) is 11.1 Å². The van der Waals surface area contributed by atoms with Gasteiger partial charge in [0.1, 0.15) is 16.7 Å². The van der Waals surface area contributed by atoms with E-state index in [2.05, 4.69) is 20.8 Å². The second-order valence-corrected chi connectivity index (χ2v) is 9.52. The predicted molar refractivity (Wildman–Crippen MR) is 133 cm³/mol. The summed E-state index contributed by atoms with van der Waals surface area (Å²) in [4.78, 5) is 9.22. The van der Waals surface area contributed by atoms with Crippen molar-refractivity contribution in [2.24, 2.45) is 5.92 Å². The molecule has 0 saturated carbocycles. The third-order valence-electron chi connectivity index (χ3n) is 7.01. The molecule has 1 saturated heterocycles. The van der Waals surface area contributed by atoms with Crippen LogP contribution in [-0.4, -0.2) is 32.9 Å². The van der Waals surface area contributed by atoms with E-state index in [4.69, 9.17) is 25.8 Å². The van der Waals surface area contributed by atoms with Crippen molar-refractivity contribution in [2.75, 3.05) is 13.2 Å². The lowest BCUT2D eigenvalue weighted by atomic mass is 9.86. The third-order valence-corrected chi connectivity index (χ3v) is 7.22. The van der Waals surface area contributed by atoms with Crippen molar-refractivity contribution < 1.29 is 13.7 Å². The Kier molecular flexibility index (Phi) is 5.54. The molecule has 6 nitrogen and oxygen atoms in total.